The number of nitrogens with zero attached hydrogens (tertiary/aromatic N) is 2. The van der Waals surface area contributed by atoms with Crippen LogP contribution in [0.3, 0.4) is 0 Å². The predicted octanol–water partition coefficient (Wildman–Crippen LogP) is 3.32. The molecule has 1 aliphatic rings. The second-order valence-electron chi connectivity index (χ2n) is 6.42. The van der Waals surface area contributed by atoms with Crippen LogP contribution in [0.4, 0.5) is 11.5 Å². The van der Waals surface area contributed by atoms with E-state index in [0.29, 0.717) is 11.2 Å². The first-order valence-corrected chi connectivity index (χ1v) is 6.93. The van der Waals surface area contributed by atoms with Gasteiger partial charge in [-0.1, -0.05) is 20.8 Å². The molecular formula is C15H25N3. The van der Waals surface area contributed by atoms with Crippen LogP contribution in [-0.2, 0) is 0 Å². The maximum atomic E-state index is 5.64. The van der Waals surface area contributed by atoms with Crippen molar-refractivity contribution in [3.63, 3.8) is 0 Å². The van der Waals surface area contributed by atoms with Crippen molar-refractivity contribution in [3.8, 4) is 0 Å². The fraction of sp³-hybridized carbons (Fsp3) is 0.667. The number of anilines is 2. The molecule has 1 aromatic heterocycles. The van der Waals surface area contributed by atoms with Gasteiger partial charge in [0.2, 0.25) is 0 Å². The highest BCUT2D eigenvalue weighted by molar-refractivity contribution is 5.48. The van der Waals surface area contributed by atoms with Crippen LogP contribution < -0.4 is 10.6 Å². The van der Waals surface area contributed by atoms with Crippen molar-refractivity contribution in [1.29, 1.82) is 0 Å². The van der Waals surface area contributed by atoms with Crippen LogP contribution in [0.5, 0.6) is 0 Å². The molecule has 0 aromatic carbocycles. The molecule has 2 rings (SSSR count). The quantitative estimate of drug-likeness (QED) is 0.827. The minimum atomic E-state index is 0.426. The first-order chi connectivity index (χ1) is 8.47. The molecule has 0 saturated carbocycles. The topological polar surface area (TPSA) is 42.1 Å². The number of rotatable bonds is 1. The van der Waals surface area contributed by atoms with Gasteiger partial charge in [0.1, 0.15) is 5.82 Å². The van der Waals surface area contributed by atoms with E-state index in [1.54, 1.807) is 0 Å². The van der Waals surface area contributed by atoms with Gasteiger partial charge in [0.25, 0.3) is 0 Å². The van der Waals surface area contributed by atoms with Crippen molar-refractivity contribution in [1.82, 2.24) is 4.98 Å². The second kappa shape index (κ2) is 5.17. The third-order valence-corrected chi connectivity index (χ3v) is 4.09. The molecule has 18 heavy (non-hydrogen) atoms. The molecule has 0 amide bonds. The number of nitrogens with two attached hydrogens (primary N) is 1. The molecular weight excluding hydrogens is 222 g/mol. The lowest BCUT2D eigenvalue weighted by Gasteiger charge is -2.30. The fourth-order valence-corrected chi connectivity index (χ4v) is 2.81. The lowest BCUT2D eigenvalue weighted by molar-refractivity contribution is 0.220. The summed E-state index contributed by atoms with van der Waals surface area (Å²) in [6, 6.07) is 3.97. The van der Waals surface area contributed by atoms with Gasteiger partial charge in [-0.15, -0.1) is 0 Å². The standard InChI is InChI=1S/C15H25N3/c1-15(2,3)12-5-4-9-18(10-8-12)13-6-7-14(16)17-11-13/h6-7,11-12H,4-5,8-10H2,1-3H3,(H2,16,17). The Morgan fingerprint density at radius 2 is 2.00 bits per heavy atom. The Bertz CT molecular complexity index is 378. The lowest BCUT2D eigenvalue weighted by atomic mass is 9.77. The highest BCUT2D eigenvalue weighted by Gasteiger charge is 2.27. The van der Waals surface area contributed by atoms with Crippen LogP contribution in [0, 0.1) is 11.3 Å². The van der Waals surface area contributed by atoms with Crippen molar-refractivity contribution in [2.24, 2.45) is 11.3 Å². The zero-order valence-corrected chi connectivity index (χ0v) is 11.8. The molecule has 1 saturated heterocycles. The van der Waals surface area contributed by atoms with Crippen LogP contribution in [0.15, 0.2) is 18.3 Å². The molecule has 1 unspecified atom stereocenters. The Balaban J connectivity index is 2.03. The molecule has 0 bridgehead atoms. The molecule has 3 nitrogen and oxygen atoms in total. The second-order valence-corrected chi connectivity index (χ2v) is 6.42. The van der Waals surface area contributed by atoms with Crippen molar-refractivity contribution < 1.29 is 0 Å². The summed E-state index contributed by atoms with van der Waals surface area (Å²) in [4.78, 5) is 6.63. The van der Waals surface area contributed by atoms with Crippen LogP contribution in [-0.4, -0.2) is 18.1 Å². The van der Waals surface area contributed by atoms with Gasteiger partial charge < -0.3 is 10.6 Å². The van der Waals surface area contributed by atoms with Crippen LogP contribution in [0.25, 0.3) is 0 Å². The van der Waals surface area contributed by atoms with Crippen molar-refractivity contribution in [3.05, 3.63) is 18.3 Å². The van der Waals surface area contributed by atoms with Crippen LogP contribution in [0.1, 0.15) is 40.0 Å². The Hall–Kier alpha value is -1.25. The summed E-state index contributed by atoms with van der Waals surface area (Å²) in [5.41, 5.74) is 7.27. The summed E-state index contributed by atoms with van der Waals surface area (Å²) in [5, 5.41) is 0. The summed E-state index contributed by atoms with van der Waals surface area (Å²) in [7, 11) is 0. The maximum Gasteiger partial charge on any atom is 0.123 e. The van der Waals surface area contributed by atoms with E-state index in [1.807, 2.05) is 12.3 Å². The molecule has 2 N–H and O–H groups in total. The van der Waals surface area contributed by atoms with Gasteiger partial charge >= 0.3 is 0 Å². The Labute approximate surface area is 110 Å². The van der Waals surface area contributed by atoms with Crippen molar-refractivity contribution >= 4 is 11.5 Å². The number of hydrogen-bond donors (Lipinski definition) is 1. The number of hydrogen-bond acceptors (Lipinski definition) is 3. The Morgan fingerprint density at radius 1 is 1.22 bits per heavy atom. The highest BCUT2D eigenvalue weighted by Crippen LogP contribution is 2.35. The summed E-state index contributed by atoms with van der Waals surface area (Å²) in [6.45, 7) is 9.35. The van der Waals surface area contributed by atoms with Crippen molar-refractivity contribution in [2.75, 3.05) is 23.7 Å². The van der Waals surface area contributed by atoms with Crippen LogP contribution >= 0.6 is 0 Å². The molecule has 1 aliphatic heterocycles. The zero-order valence-electron chi connectivity index (χ0n) is 11.8. The summed E-state index contributed by atoms with van der Waals surface area (Å²) < 4.78 is 0. The molecule has 2 heterocycles. The van der Waals surface area contributed by atoms with Gasteiger partial charge in [0.05, 0.1) is 11.9 Å². The summed E-state index contributed by atoms with van der Waals surface area (Å²) >= 11 is 0. The highest BCUT2D eigenvalue weighted by atomic mass is 15.1. The van der Waals surface area contributed by atoms with E-state index in [2.05, 4.69) is 36.7 Å². The predicted molar refractivity (Wildman–Crippen MR) is 77.7 cm³/mol. The fourth-order valence-electron chi connectivity index (χ4n) is 2.81. The van der Waals surface area contributed by atoms with E-state index in [9.17, 15) is 0 Å². The summed E-state index contributed by atoms with van der Waals surface area (Å²) in [5.74, 6) is 1.42. The smallest absolute Gasteiger partial charge is 0.123 e. The molecule has 100 valence electrons. The normalized spacial score (nSPS) is 21.7. The third-order valence-electron chi connectivity index (χ3n) is 4.09. The molecule has 0 radical (unpaired) electrons. The van der Waals surface area contributed by atoms with Gasteiger partial charge in [0.15, 0.2) is 0 Å². The van der Waals surface area contributed by atoms with Crippen LogP contribution in [0.2, 0.25) is 0 Å². The maximum absolute atomic E-state index is 5.64. The Kier molecular flexibility index (Phi) is 3.79. The minimum absolute atomic E-state index is 0.426. The average Bonchev–Trinajstić information content (AvgIpc) is 2.55. The SMILES string of the molecule is CC(C)(C)C1CCCN(c2ccc(N)nc2)CC1. The lowest BCUT2D eigenvalue weighted by Crippen LogP contribution is -2.26. The van der Waals surface area contributed by atoms with E-state index in [1.165, 1.54) is 24.9 Å². The largest absolute Gasteiger partial charge is 0.384 e. The van der Waals surface area contributed by atoms with Crippen molar-refractivity contribution in [2.45, 2.75) is 40.0 Å². The molecule has 1 aromatic rings. The summed E-state index contributed by atoms with van der Waals surface area (Å²) in [6.07, 6.45) is 5.77. The van der Waals surface area contributed by atoms with E-state index >= 15 is 0 Å². The van der Waals surface area contributed by atoms with Gasteiger partial charge in [-0.25, -0.2) is 4.98 Å². The van der Waals surface area contributed by atoms with E-state index in [-0.39, 0.29) is 0 Å². The van der Waals surface area contributed by atoms with E-state index < -0.39 is 0 Å². The first kappa shape index (κ1) is 13.2. The molecule has 0 aliphatic carbocycles. The third kappa shape index (κ3) is 3.15. The van der Waals surface area contributed by atoms with Gasteiger partial charge in [-0.05, 0) is 42.7 Å². The number of nitrogen functional groups attached to an aromatic ring is 1. The molecule has 0 spiro atoms. The zero-order chi connectivity index (χ0) is 13.2. The van der Waals surface area contributed by atoms with Gasteiger partial charge in [-0.2, -0.15) is 0 Å². The van der Waals surface area contributed by atoms with Gasteiger partial charge in [-0.3, -0.25) is 0 Å². The number of pyridine rings is 1. The van der Waals surface area contributed by atoms with E-state index in [0.717, 1.165) is 19.0 Å². The number of aromatic nitrogens is 1. The Morgan fingerprint density at radius 3 is 2.61 bits per heavy atom. The molecule has 1 atom stereocenters. The monoisotopic (exact) mass is 247 g/mol. The van der Waals surface area contributed by atoms with Gasteiger partial charge in [0, 0.05) is 13.1 Å². The first-order valence-electron chi connectivity index (χ1n) is 6.93. The minimum Gasteiger partial charge on any atom is -0.384 e. The average molecular weight is 247 g/mol. The molecule has 1 fully saturated rings. The molecule has 3 heteroatoms. The van der Waals surface area contributed by atoms with E-state index in [4.69, 9.17) is 5.73 Å².